The number of Topliss-reactive ketones (excluding diaryl/α,β-unsaturated/α-hetero) is 1. The fourth-order valence-corrected chi connectivity index (χ4v) is 3.06. The molecule has 0 aliphatic carbocycles. The summed E-state index contributed by atoms with van der Waals surface area (Å²) in [4.78, 5) is 17.4. The standard InChI is InChI=1S/C23H16FNO/c24-19-12-10-17(11-13-19)23(26)15-18-14-22(16-6-2-1-3-7-16)25-21-9-5-4-8-20(18)21/h1-14H,15H2. The SMILES string of the molecule is O=C(Cc1cc(-c2ccccc2)nc2ccccc12)c1ccc(F)cc1. The van der Waals surface area contributed by atoms with Crippen LogP contribution in [-0.2, 0) is 6.42 Å². The Morgan fingerprint density at radius 2 is 1.54 bits per heavy atom. The second kappa shape index (κ2) is 6.89. The summed E-state index contributed by atoms with van der Waals surface area (Å²) in [6.07, 6.45) is 0.245. The number of pyridine rings is 1. The van der Waals surface area contributed by atoms with Crippen LogP contribution in [0.1, 0.15) is 15.9 Å². The van der Waals surface area contributed by atoms with Crippen molar-refractivity contribution in [2.75, 3.05) is 0 Å². The van der Waals surface area contributed by atoms with Gasteiger partial charge < -0.3 is 0 Å². The third-order valence-electron chi connectivity index (χ3n) is 4.39. The van der Waals surface area contributed by atoms with E-state index in [4.69, 9.17) is 4.98 Å². The van der Waals surface area contributed by atoms with Crippen molar-refractivity contribution in [1.29, 1.82) is 0 Å². The molecule has 0 N–H and O–H groups in total. The van der Waals surface area contributed by atoms with Crippen molar-refractivity contribution in [3.8, 4) is 11.3 Å². The van der Waals surface area contributed by atoms with Crippen LogP contribution in [0.4, 0.5) is 4.39 Å². The highest BCUT2D eigenvalue weighted by Gasteiger charge is 2.12. The average molecular weight is 341 g/mol. The number of halogens is 1. The van der Waals surface area contributed by atoms with Gasteiger partial charge in [-0.1, -0.05) is 48.5 Å². The lowest BCUT2D eigenvalue weighted by atomic mass is 9.97. The van der Waals surface area contributed by atoms with Gasteiger partial charge in [-0.05, 0) is 42.0 Å². The summed E-state index contributed by atoms with van der Waals surface area (Å²) >= 11 is 0. The zero-order valence-electron chi connectivity index (χ0n) is 14.0. The molecule has 0 aliphatic rings. The van der Waals surface area contributed by atoms with Crippen molar-refractivity contribution in [3.63, 3.8) is 0 Å². The first-order valence-corrected chi connectivity index (χ1v) is 8.43. The van der Waals surface area contributed by atoms with Crippen LogP contribution in [0, 0.1) is 5.82 Å². The Balaban J connectivity index is 1.78. The molecule has 0 radical (unpaired) electrons. The van der Waals surface area contributed by atoms with E-state index in [0.717, 1.165) is 27.7 Å². The van der Waals surface area contributed by atoms with Crippen LogP contribution in [0.2, 0.25) is 0 Å². The highest BCUT2D eigenvalue weighted by atomic mass is 19.1. The third kappa shape index (κ3) is 3.24. The number of hydrogen-bond donors (Lipinski definition) is 0. The molecule has 0 atom stereocenters. The monoisotopic (exact) mass is 341 g/mol. The Hall–Kier alpha value is -3.33. The molecular weight excluding hydrogens is 325 g/mol. The van der Waals surface area contributed by atoms with Gasteiger partial charge in [0.05, 0.1) is 11.2 Å². The molecule has 0 bridgehead atoms. The summed E-state index contributed by atoms with van der Waals surface area (Å²) in [5, 5.41) is 0.961. The zero-order chi connectivity index (χ0) is 17.9. The van der Waals surface area contributed by atoms with Crippen molar-refractivity contribution in [2.24, 2.45) is 0 Å². The number of aromatic nitrogens is 1. The Bertz CT molecular complexity index is 1070. The van der Waals surface area contributed by atoms with Crippen LogP contribution >= 0.6 is 0 Å². The van der Waals surface area contributed by atoms with Crippen molar-refractivity contribution in [1.82, 2.24) is 4.98 Å². The predicted octanol–water partition coefficient (Wildman–Crippen LogP) is 5.47. The van der Waals surface area contributed by atoms with Crippen LogP contribution in [0.3, 0.4) is 0 Å². The highest BCUT2D eigenvalue weighted by molar-refractivity contribution is 6.00. The molecule has 0 unspecified atom stereocenters. The third-order valence-corrected chi connectivity index (χ3v) is 4.39. The lowest BCUT2D eigenvalue weighted by molar-refractivity contribution is 0.0993. The van der Waals surface area contributed by atoms with Gasteiger partial charge in [-0.25, -0.2) is 9.37 Å². The van der Waals surface area contributed by atoms with Gasteiger partial charge in [0, 0.05) is 22.9 Å². The molecule has 0 fully saturated rings. The second-order valence-electron chi connectivity index (χ2n) is 6.16. The minimum atomic E-state index is -0.345. The van der Waals surface area contributed by atoms with E-state index in [0.29, 0.717) is 5.56 Å². The normalized spacial score (nSPS) is 10.8. The predicted molar refractivity (Wildman–Crippen MR) is 102 cm³/mol. The van der Waals surface area contributed by atoms with Gasteiger partial charge in [-0.2, -0.15) is 0 Å². The number of carbonyl (C=O) groups excluding carboxylic acids is 1. The van der Waals surface area contributed by atoms with Crippen LogP contribution < -0.4 is 0 Å². The topological polar surface area (TPSA) is 30.0 Å². The molecule has 1 heterocycles. The lowest BCUT2D eigenvalue weighted by Gasteiger charge is -2.10. The highest BCUT2D eigenvalue weighted by Crippen LogP contribution is 2.25. The summed E-state index contributed by atoms with van der Waals surface area (Å²) < 4.78 is 13.1. The van der Waals surface area contributed by atoms with Gasteiger partial charge in [0.25, 0.3) is 0 Å². The van der Waals surface area contributed by atoms with E-state index in [1.807, 2.05) is 60.7 Å². The fourth-order valence-electron chi connectivity index (χ4n) is 3.06. The quantitative estimate of drug-likeness (QED) is 0.461. The Kier molecular flexibility index (Phi) is 4.28. The van der Waals surface area contributed by atoms with E-state index < -0.39 is 0 Å². The first-order chi connectivity index (χ1) is 12.7. The summed E-state index contributed by atoms with van der Waals surface area (Å²) in [6.45, 7) is 0. The lowest BCUT2D eigenvalue weighted by Crippen LogP contribution is -2.05. The second-order valence-corrected chi connectivity index (χ2v) is 6.16. The maximum atomic E-state index is 13.1. The zero-order valence-corrected chi connectivity index (χ0v) is 14.0. The molecule has 0 aliphatic heterocycles. The van der Waals surface area contributed by atoms with E-state index >= 15 is 0 Å². The molecular formula is C23H16FNO. The Labute approximate surface area is 151 Å². The molecule has 0 saturated carbocycles. The van der Waals surface area contributed by atoms with Gasteiger partial charge in [0.1, 0.15) is 5.82 Å². The van der Waals surface area contributed by atoms with Crippen molar-refractivity contribution in [2.45, 2.75) is 6.42 Å². The van der Waals surface area contributed by atoms with Crippen molar-refractivity contribution >= 4 is 16.7 Å². The maximum Gasteiger partial charge on any atom is 0.167 e. The number of rotatable bonds is 4. The number of carbonyl (C=O) groups is 1. The number of ketones is 1. The van der Waals surface area contributed by atoms with Gasteiger partial charge >= 0.3 is 0 Å². The van der Waals surface area contributed by atoms with Crippen molar-refractivity contribution in [3.05, 3.63) is 102 Å². The molecule has 4 aromatic rings. The van der Waals surface area contributed by atoms with E-state index in [2.05, 4.69) is 0 Å². The van der Waals surface area contributed by atoms with Crippen LogP contribution in [0.5, 0.6) is 0 Å². The molecule has 0 amide bonds. The molecule has 2 nitrogen and oxygen atoms in total. The van der Waals surface area contributed by atoms with E-state index in [1.165, 1.54) is 24.3 Å². The van der Waals surface area contributed by atoms with E-state index in [1.54, 1.807) is 0 Å². The van der Waals surface area contributed by atoms with E-state index in [-0.39, 0.29) is 18.0 Å². The van der Waals surface area contributed by atoms with Crippen LogP contribution in [0.15, 0.2) is 84.9 Å². The summed E-state index contributed by atoms with van der Waals surface area (Å²) in [7, 11) is 0. The Morgan fingerprint density at radius 1 is 0.846 bits per heavy atom. The molecule has 26 heavy (non-hydrogen) atoms. The average Bonchev–Trinajstić information content (AvgIpc) is 2.69. The largest absolute Gasteiger partial charge is 0.294 e. The number of fused-ring (bicyclic) bond motifs is 1. The minimum absolute atomic E-state index is 0.0413. The maximum absolute atomic E-state index is 13.1. The molecule has 4 rings (SSSR count). The van der Waals surface area contributed by atoms with Crippen LogP contribution in [0.25, 0.3) is 22.2 Å². The first kappa shape index (κ1) is 16.2. The van der Waals surface area contributed by atoms with E-state index in [9.17, 15) is 9.18 Å². The number of nitrogens with zero attached hydrogens (tertiary/aromatic N) is 1. The molecule has 126 valence electrons. The minimum Gasteiger partial charge on any atom is -0.294 e. The van der Waals surface area contributed by atoms with Gasteiger partial charge in [-0.3, -0.25) is 4.79 Å². The van der Waals surface area contributed by atoms with Crippen molar-refractivity contribution < 1.29 is 9.18 Å². The number of hydrogen-bond acceptors (Lipinski definition) is 2. The van der Waals surface area contributed by atoms with Crippen LogP contribution in [-0.4, -0.2) is 10.8 Å². The first-order valence-electron chi connectivity index (χ1n) is 8.43. The van der Waals surface area contributed by atoms with Gasteiger partial charge in [-0.15, -0.1) is 0 Å². The van der Waals surface area contributed by atoms with Gasteiger partial charge in [0.15, 0.2) is 5.78 Å². The fraction of sp³-hybridized carbons (Fsp3) is 0.0435. The smallest absolute Gasteiger partial charge is 0.167 e. The molecule has 0 saturated heterocycles. The molecule has 0 spiro atoms. The molecule has 3 aromatic carbocycles. The summed E-state index contributed by atoms with van der Waals surface area (Å²) in [5.74, 6) is -0.386. The summed E-state index contributed by atoms with van der Waals surface area (Å²) in [6, 6.07) is 25.4. The Morgan fingerprint density at radius 3 is 2.31 bits per heavy atom. The number of para-hydroxylation sites is 1. The summed E-state index contributed by atoms with van der Waals surface area (Å²) in [5.41, 5.74) is 4.13. The molecule has 3 heteroatoms. The van der Waals surface area contributed by atoms with Gasteiger partial charge in [0.2, 0.25) is 0 Å². The molecule has 1 aromatic heterocycles. The number of benzene rings is 3.